The number of pyridine rings is 1. The van der Waals surface area contributed by atoms with Gasteiger partial charge in [0.1, 0.15) is 5.65 Å². The first-order valence-corrected chi connectivity index (χ1v) is 9.85. The van der Waals surface area contributed by atoms with Crippen molar-refractivity contribution in [2.24, 2.45) is 0 Å². The SMILES string of the molecule is O=C(NC[C@H]1CCCCN1)C1=CN(c2ccnc3[nH]ccc23)CCS1. The molecule has 2 aromatic heterocycles. The van der Waals surface area contributed by atoms with Gasteiger partial charge in [-0.05, 0) is 31.5 Å². The molecule has 25 heavy (non-hydrogen) atoms. The van der Waals surface area contributed by atoms with E-state index in [1.54, 1.807) is 18.0 Å². The van der Waals surface area contributed by atoms with Crippen LogP contribution in [0.2, 0.25) is 0 Å². The fourth-order valence-corrected chi connectivity index (χ4v) is 4.32. The van der Waals surface area contributed by atoms with Crippen molar-refractivity contribution in [3.63, 3.8) is 0 Å². The van der Waals surface area contributed by atoms with Gasteiger partial charge in [-0.2, -0.15) is 0 Å². The highest BCUT2D eigenvalue weighted by Gasteiger charge is 2.21. The number of piperidine rings is 1. The fourth-order valence-electron chi connectivity index (χ4n) is 3.41. The predicted octanol–water partition coefficient (Wildman–Crippen LogP) is 2.22. The summed E-state index contributed by atoms with van der Waals surface area (Å²) in [5.41, 5.74) is 1.96. The van der Waals surface area contributed by atoms with E-state index in [0.29, 0.717) is 12.6 Å². The van der Waals surface area contributed by atoms with Crippen molar-refractivity contribution in [3.05, 3.63) is 35.6 Å². The second-order valence-corrected chi connectivity index (χ2v) is 7.60. The number of anilines is 1. The van der Waals surface area contributed by atoms with E-state index in [0.717, 1.165) is 46.9 Å². The topological polar surface area (TPSA) is 73.1 Å². The number of carbonyl (C=O) groups excluding carboxylic acids is 1. The van der Waals surface area contributed by atoms with Crippen LogP contribution in [0.4, 0.5) is 5.69 Å². The lowest BCUT2D eigenvalue weighted by Gasteiger charge is -2.27. The number of nitrogens with zero attached hydrogens (tertiary/aromatic N) is 2. The Hall–Kier alpha value is -1.99. The van der Waals surface area contributed by atoms with Gasteiger partial charge in [0.05, 0.1) is 10.6 Å². The number of rotatable bonds is 4. The zero-order valence-electron chi connectivity index (χ0n) is 14.1. The molecule has 2 aromatic rings. The lowest BCUT2D eigenvalue weighted by atomic mass is 10.1. The minimum Gasteiger partial charge on any atom is -0.350 e. The summed E-state index contributed by atoms with van der Waals surface area (Å²) in [6, 6.07) is 4.44. The number of hydrogen-bond acceptors (Lipinski definition) is 5. The Balaban J connectivity index is 1.46. The predicted molar refractivity (Wildman–Crippen MR) is 103 cm³/mol. The van der Waals surface area contributed by atoms with Gasteiger partial charge in [0, 0.05) is 48.9 Å². The minimum absolute atomic E-state index is 0.0291. The molecular weight excluding hydrogens is 334 g/mol. The number of nitrogens with one attached hydrogen (secondary N) is 3. The van der Waals surface area contributed by atoms with Crippen molar-refractivity contribution >= 4 is 34.4 Å². The van der Waals surface area contributed by atoms with Crippen molar-refractivity contribution in [2.75, 3.05) is 30.3 Å². The third-order valence-corrected chi connectivity index (χ3v) is 5.74. The molecule has 6 nitrogen and oxygen atoms in total. The van der Waals surface area contributed by atoms with Crippen molar-refractivity contribution in [2.45, 2.75) is 25.3 Å². The zero-order chi connectivity index (χ0) is 17.1. The maximum Gasteiger partial charge on any atom is 0.259 e. The summed E-state index contributed by atoms with van der Waals surface area (Å²) >= 11 is 1.63. The van der Waals surface area contributed by atoms with Crippen molar-refractivity contribution < 1.29 is 4.79 Å². The second kappa shape index (κ2) is 7.49. The van der Waals surface area contributed by atoms with Gasteiger partial charge in [-0.1, -0.05) is 6.42 Å². The van der Waals surface area contributed by atoms with Gasteiger partial charge < -0.3 is 20.5 Å². The molecule has 0 aliphatic carbocycles. The minimum atomic E-state index is 0.0291. The molecule has 2 aliphatic heterocycles. The van der Waals surface area contributed by atoms with Crippen LogP contribution in [0.5, 0.6) is 0 Å². The molecule has 7 heteroatoms. The number of aromatic amines is 1. The smallest absolute Gasteiger partial charge is 0.259 e. The molecule has 1 amide bonds. The van der Waals surface area contributed by atoms with E-state index in [1.807, 2.05) is 24.5 Å². The van der Waals surface area contributed by atoms with E-state index in [9.17, 15) is 4.79 Å². The lowest BCUT2D eigenvalue weighted by molar-refractivity contribution is -0.116. The standard InChI is InChI=1S/C18H23N5OS/c24-18(22-11-13-3-1-2-6-19-13)16-12-23(9-10-25-16)15-5-8-21-17-14(15)4-7-20-17/h4-5,7-8,12-13,19H,1-3,6,9-11H2,(H,20,21)(H,22,24)/t13-/m1/s1. The highest BCUT2D eigenvalue weighted by Crippen LogP contribution is 2.30. The van der Waals surface area contributed by atoms with Crippen molar-refractivity contribution in [1.29, 1.82) is 0 Å². The lowest BCUT2D eigenvalue weighted by Crippen LogP contribution is -2.44. The molecule has 0 aromatic carbocycles. The number of aromatic nitrogens is 2. The maximum atomic E-state index is 12.6. The molecule has 0 bridgehead atoms. The molecule has 0 spiro atoms. The number of carbonyl (C=O) groups is 1. The van der Waals surface area contributed by atoms with Gasteiger partial charge in [-0.25, -0.2) is 4.98 Å². The average molecular weight is 357 g/mol. The molecule has 0 unspecified atom stereocenters. The van der Waals surface area contributed by atoms with Crippen LogP contribution in [0.25, 0.3) is 11.0 Å². The van der Waals surface area contributed by atoms with E-state index in [4.69, 9.17) is 0 Å². The molecule has 1 fully saturated rings. The third kappa shape index (κ3) is 3.67. The maximum absolute atomic E-state index is 12.6. The summed E-state index contributed by atoms with van der Waals surface area (Å²) in [5, 5.41) is 7.64. The van der Waals surface area contributed by atoms with Gasteiger partial charge in [-0.3, -0.25) is 4.79 Å². The van der Waals surface area contributed by atoms with Gasteiger partial charge in [0.25, 0.3) is 5.91 Å². The summed E-state index contributed by atoms with van der Waals surface area (Å²) in [6.45, 7) is 2.64. The fraction of sp³-hybridized carbons (Fsp3) is 0.444. The number of amides is 1. The van der Waals surface area contributed by atoms with Crippen LogP contribution < -0.4 is 15.5 Å². The third-order valence-electron chi connectivity index (χ3n) is 4.75. The van der Waals surface area contributed by atoms with Crippen molar-refractivity contribution in [3.8, 4) is 0 Å². The normalized spacial score (nSPS) is 21.2. The average Bonchev–Trinajstić information content (AvgIpc) is 3.16. The van der Waals surface area contributed by atoms with Crippen LogP contribution in [-0.2, 0) is 4.79 Å². The van der Waals surface area contributed by atoms with E-state index in [1.165, 1.54) is 12.8 Å². The Kier molecular flexibility index (Phi) is 4.94. The molecule has 1 saturated heterocycles. The van der Waals surface area contributed by atoms with Crippen LogP contribution in [-0.4, -0.2) is 47.3 Å². The Morgan fingerprint density at radius 1 is 1.40 bits per heavy atom. The monoisotopic (exact) mass is 357 g/mol. The van der Waals surface area contributed by atoms with Crippen LogP contribution >= 0.6 is 11.8 Å². The van der Waals surface area contributed by atoms with Gasteiger partial charge in [0.2, 0.25) is 0 Å². The van der Waals surface area contributed by atoms with Crippen LogP contribution in [0.3, 0.4) is 0 Å². The molecule has 132 valence electrons. The summed E-state index contributed by atoms with van der Waals surface area (Å²) < 4.78 is 0. The number of H-pyrrole nitrogens is 1. The van der Waals surface area contributed by atoms with Crippen LogP contribution in [0.15, 0.2) is 35.6 Å². The van der Waals surface area contributed by atoms with E-state index < -0.39 is 0 Å². The van der Waals surface area contributed by atoms with E-state index in [2.05, 4.69) is 25.5 Å². The molecular formula is C18H23N5OS. The van der Waals surface area contributed by atoms with Gasteiger partial charge in [0.15, 0.2) is 0 Å². The number of fused-ring (bicyclic) bond motifs is 1. The Bertz CT molecular complexity index is 781. The molecule has 3 N–H and O–H groups in total. The Morgan fingerprint density at radius 2 is 2.36 bits per heavy atom. The first-order chi connectivity index (χ1) is 12.3. The molecule has 2 aliphatic rings. The molecule has 0 radical (unpaired) electrons. The molecule has 4 rings (SSSR count). The Labute approximate surface area is 151 Å². The van der Waals surface area contributed by atoms with Crippen LogP contribution in [0.1, 0.15) is 19.3 Å². The van der Waals surface area contributed by atoms with E-state index in [-0.39, 0.29) is 5.91 Å². The summed E-state index contributed by atoms with van der Waals surface area (Å²) in [6.07, 6.45) is 9.29. The number of thioether (sulfide) groups is 1. The van der Waals surface area contributed by atoms with E-state index >= 15 is 0 Å². The largest absolute Gasteiger partial charge is 0.350 e. The van der Waals surface area contributed by atoms with Crippen molar-refractivity contribution in [1.82, 2.24) is 20.6 Å². The number of hydrogen-bond donors (Lipinski definition) is 3. The highest BCUT2D eigenvalue weighted by atomic mass is 32.2. The quantitative estimate of drug-likeness (QED) is 0.782. The summed E-state index contributed by atoms with van der Waals surface area (Å²) in [5.74, 6) is 0.927. The van der Waals surface area contributed by atoms with Gasteiger partial charge in [-0.15, -0.1) is 11.8 Å². The van der Waals surface area contributed by atoms with Crippen LogP contribution in [0, 0.1) is 0 Å². The Morgan fingerprint density at radius 3 is 3.24 bits per heavy atom. The molecule has 1 atom stereocenters. The first kappa shape index (κ1) is 16.5. The molecule has 4 heterocycles. The highest BCUT2D eigenvalue weighted by molar-refractivity contribution is 8.04. The second-order valence-electron chi connectivity index (χ2n) is 6.46. The summed E-state index contributed by atoms with van der Waals surface area (Å²) in [4.78, 5) is 23.0. The zero-order valence-corrected chi connectivity index (χ0v) is 14.9. The van der Waals surface area contributed by atoms with Gasteiger partial charge >= 0.3 is 0 Å². The summed E-state index contributed by atoms with van der Waals surface area (Å²) in [7, 11) is 0. The molecule has 0 saturated carbocycles. The first-order valence-electron chi connectivity index (χ1n) is 8.86.